The minimum Gasteiger partial charge on any atom is -0.478 e. The third-order valence-electron chi connectivity index (χ3n) is 2.58. The maximum atomic E-state index is 13.2. The average molecular weight is 285 g/mol. The van der Waals surface area contributed by atoms with Crippen LogP contribution in [0.1, 0.15) is 41.5 Å². The minimum absolute atomic E-state index is 0.202. The summed E-state index contributed by atoms with van der Waals surface area (Å²) in [5.74, 6) is -4.67. The van der Waals surface area contributed by atoms with Gasteiger partial charge in [0.15, 0.2) is 11.6 Å². The molecule has 0 fully saturated rings. The van der Waals surface area contributed by atoms with Crippen molar-refractivity contribution >= 4 is 11.9 Å². The molecule has 110 valence electrons. The van der Waals surface area contributed by atoms with Gasteiger partial charge in [-0.05, 0) is 17.5 Å². The zero-order chi connectivity index (χ0) is 15.7. The van der Waals surface area contributed by atoms with Gasteiger partial charge in [0.05, 0.1) is 11.1 Å². The van der Waals surface area contributed by atoms with Crippen LogP contribution in [0, 0.1) is 17.0 Å². The maximum absolute atomic E-state index is 13.2. The van der Waals surface area contributed by atoms with E-state index in [1.54, 1.807) is 0 Å². The molecule has 1 N–H and O–H groups in total. The summed E-state index contributed by atoms with van der Waals surface area (Å²) in [6, 6.07) is 1.15. The highest BCUT2D eigenvalue weighted by atomic mass is 19.2. The van der Waals surface area contributed by atoms with Crippen LogP contribution in [0.3, 0.4) is 0 Å². The predicted molar refractivity (Wildman–Crippen MR) is 69.7 cm³/mol. The summed E-state index contributed by atoms with van der Waals surface area (Å²) in [5, 5.41) is 8.98. The first-order valence-electron chi connectivity index (χ1n) is 6.01. The second-order valence-corrected chi connectivity index (χ2v) is 5.84. The van der Waals surface area contributed by atoms with Crippen LogP contribution in [-0.4, -0.2) is 35.5 Å². The lowest BCUT2D eigenvalue weighted by Crippen LogP contribution is -2.35. The first-order chi connectivity index (χ1) is 9.03. The van der Waals surface area contributed by atoms with Crippen LogP contribution >= 0.6 is 0 Å². The van der Waals surface area contributed by atoms with Crippen molar-refractivity contribution in [3.05, 3.63) is 34.9 Å². The van der Waals surface area contributed by atoms with E-state index in [2.05, 4.69) is 0 Å². The number of carboxylic acids is 1. The number of rotatable bonds is 3. The molecule has 1 rings (SSSR count). The zero-order valence-corrected chi connectivity index (χ0v) is 11.8. The number of halogens is 2. The fourth-order valence-electron chi connectivity index (χ4n) is 1.89. The van der Waals surface area contributed by atoms with Gasteiger partial charge in [-0.15, -0.1) is 0 Å². The number of carbonyl (C=O) groups is 2. The van der Waals surface area contributed by atoms with E-state index in [1.165, 1.54) is 11.9 Å². The van der Waals surface area contributed by atoms with Crippen LogP contribution in [0.5, 0.6) is 0 Å². The summed E-state index contributed by atoms with van der Waals surface area (Å²) in [6.45, 7) is 6.06. The van der Waals surface area contributed by atoms with Crippen molar-refractivity contribution in [2.75, 3.05) is 13.6 Å². The summed E-state index contributed by atoms with van der Waals surface area (Å²) in [4.78, 5) is 24.5. The van der Waals surface area contributed by atoms with Crippen molar-refractivity contribution in [1.82, 2.24) is 4.90 Å². The Morgan fingerprint density at radius 3 is 2.00 bits per heavy atom. The molecular weight excluding hydrogens is 268 g/mol. The zero-order valence-electron chi connectivity index (χ0n) is 11.8. The third kappa shape index (κ3) is 3.76. The quantitative estimate of drug-likeness (QED) is 0.929. The molecule has 0 aliphatic rings. The van der Waals surface area contributed by atoms with Gasteiger partial charge in [-0.2, -0.15) is 0 Å². The van der Waals surface area contributed by atoms with Gasteiger partial charge in [0.1, 0.15) is 0 Å². The Bertz CT molecular complexity index is 550. The van der Waals surface area contributed by atoms with Crippen molar-refractivity contribution in [3.8, 4) is 0 Å². The highest BCUT2D eigenvalue weighted by Gasteiger charge is 2.25. The summed E-state index contributed by atoms with van der Waals surface area (Å²) in [5.41, 5.74) is -1.11. The third-order valence-corrected chi connectivity index (χ3v) is 2.58. The summed E-state index contributed by atoms with van der Waals surface area (Å²) in [6.07, 6.45) is 0. The molecule has 4 nitrogen and oxygen atoms in total. The van der Waals surface area contributed by atoms with E-state index in [1.807, 2.05) is 20.8 Å². The fourth-order valence-corrected chi connectivity index (χ4v) is 1.89. The van der Waals surface area contributed by atoms with Gasteiger partial charge < -0.3 is 10.0 Å². The summed E-state index contributed by atoms with van der Waals surface area (Å²) in [7, 11) is 1.49. The van der Waals surface area contributed by atoms with E-state index in [9.17, 15) is 18.4 Å². The molecule has 0 aliphatic heterocycles. The Kier molecular flexibility index (Phi) is 4.47. The minimum atomic E-state index is -1.48. The monoisotopic (exact) mass is 285 g/mol. The van der Waals surface area contributed by atoms with E-state index in [4.69, 9.17) is 5.11 Å². The molecule has 0 aromatic heterocycles. The molecular formula is C14H17F2NO3. The number of hydrogen-bond donors (Lipinski definition) is 1. The van der Waals surface area contributed by atoms with Gasteiger partial charge in [-0.1, -0.05) is 20.8 Å². The van der Waals surface area contributed by atoms with Gasteiger partial charge >= 0.3 is 5.97 Å². The molecule has 0 radical (unpaired) electrons. The topological polar surface area (TPSA) is 57.6 Å². The number of carbonyl (C=O) groups excluding carboxylic acids is 1. The normalized spacial score (nSPS) is 11.3. The Labute approximate surface area is 116 Å². The molecule has 1 amide bonds. The first kappa shape index (κ1) is 16.1. The lowest BCUT2D eigenvalue weighted by Gasteiger charge is -2.27. The number of hydrogen-bond acceptors (Lipinski definition) is 2. The number of nitrogens with zero attached hydrogens (tertiary/aromatic N) is 1. The van der Waals surface area contributed by atoms with Crippen LogP contribution in [-0.2, 0) is 0 Å². The van der Waals surface area contributed by atoms with E-state index in [-0.39, 0.29) is 11.0 Å². The molecule has 0 unspecified atom stereocenters. The van der Waals surface area contributed by atoms with Crippen molar-refractivity contribution in [3.63, 3.8) is 0 Å². The van der Waals surface area contributed by atoms with Crippen LogP contribution in [0.15, 0.2) is 12.1 Å². The second-order valence-electron chi connectivity index (χ2n) is 5.84. The van der Waals surface area contributed by atoms with Gasteiger partial charge in [0.25, 0.3) is 5.91 Å². The van der Waals surface area contributed by atoms with E-state index in [0.29, 0.717) is 18.7 Å². The van der Waals surface area contributed by atoms with Gasteiger partial charge in [-0.3, -0.25) is 4.79 Å². The van der Waals surface area contributed by atoms with Gasteiger partial charge in [-0.25, -0.2) is 13.6 Å². The van der Waals surface area contributed by atoms with Crippen LogP contribution in [0.25, 0.3) is 0 Å². The maximum Gasteiger partial charge on any atom is 0.336 e. The Balaban J connectivity index is 3.21. The van der Waals surface area contributed by atoms with Crippen molar-refractivity contribution < 1.29 is 23.5 Å². The van der Waals surface area contributed by atoms with Crippen molar-refractivity contribution in [2.24, 2.45) is 5.41 Å². The lowest BCUT2D eigenvalue weighted by atomic mass is 9.95. The van der Waals surface area contributed by atoms with Gasteiger partial charge in [0.2, 0.25) is 0 Å². The molecule has 20 heavy (non-hydrogen) atoms. The number of amides is 1. The largest absolute Gasteiger partial charge is 0.478 e. The molecule has 0 saturated carbocycles. The molecule has 1 aromatic carbocycles. The highest BCUT2D eigenvalue weighted by molar-refractivity contribution is 6.04. The standard InChI is InChI=1S/C14H17F2NO3/c1-14(2,3)7-17(4)12(18)8-5-10(15)11(16)6-9(8)13(19)20/h5-6H,7H2,1-4H3,(H,19,20). The van der Waals surface area contributed by atoms with Crippen LogP contribution in [0.2, 0.25) is 0 Å². The van der Waals surface area contributed by atoms with Crippen LogP contribution in [0.4, 0.5) is 8.78 Å². The first-order valence-corrected chi connectivity index (χ1v) is 6.01. The average Bonchev–Trinajstić information content (AvgIpc) is 2.28. The summed E-state index contributed by atoms with van der Waals surface area (Å²) >= 11 is 0. The molecule has 0 saturated heterocycles. The van der Waals surface area contributed by atoms with E-state index < -0.39 is 29.1 Å². The molecule has 0 aliphatic carbocycles. The molecule has 0 heterocycles. The Morgan fingerprint density at radius 2 is 1.60 bits per heavy atom. The molecule has 0 spiro atoms. The SMILES string of the molecule is CN(CC(C)(C)C)C(=O)c1cc(F)c(F)cc1C(=O)O. The van der Waals surface area contributed by atoms with Crippen molar-refractivity contribution in [2.45, 2.75) is 20.8 Å². The number of aromatic carboxylic acids is 1. The molecule has 1 aromatic rings. The second kappa shape index (κ2) is 5.56. The molecule has 6 heteroatoms. The smallest absolute Gasteiger partial charge is 0.336 e. The highest BCUT2D eigenvalue weighted by Crippen LogP contribution is 2.20. The lowest BCUT2D eigenvalue weighted by molar-refractivity contribution is 0.0672. The predicted octanol–water partition coefficient (Wildman–Crippen LogP) is 2.78. The number of benzene rings is 1. The van der Waals surface area contributed by atoms with Crippen molar-refractivity contribution in [1.29, 1.82) is 0 Å². The Morgan fingerprint density at radius 1 is 1.15 bits per heavy atom. The summed E-state index contributed by atoms with van der Waals surface area (Å²) < 4.78 is 26.3. The van der Waals surface area contributed by atoms with Gasteiger partial charge in [0, 0.05) is 13.6 Å². The molecule has 0 atom stereocenters. The van der Waals surface area contributed by atoms with Crippen LogP contribution < -0.4 is 0 Å². The van der Waals surface area contributed by atoms with E-state index >= 15 is 0 Å². The van der Waals surface area contributed by atoms with E-state index in [0.717, 1.165) is 0 Å². The number of carboxylic acid groups (broad SMARTS) is 1. The Hall–Kier alpha value is -1.98. The fraction of sp³-hybridized carbons (Fsp3) is 0.429. The molecule has 0 bridgehead atoms.